The molecule has 0 saturated carbocycles. The summed E-state index contributed by atoms with van der Waals surface area (Å²) in [6.45, 7) is 5.24. The second-order valence-electron chi connectivity index (χ2n) is 10.3. The summed E-state index contributed by atoms with van der Waals surface area (Å²) in [6.07, 6.45) is 0. The number of ketones is 1. The zero-order chi connectivity index (χ0) is 28.6. The number of aryl methyl sites for hydroxylation is 2. The third kappa shape index (κ3) is 4.69. The van der Waals surface area contributed by atoms with Crippen molar-refractivity contribution in [2.75, 3.05) is 5.32 Å². The van der Waals surface area contributed by atoms with E-state index < -0.39 is 41.2 Å². The molecule has 40 heavy (non-hydrogen) atoms. The van der Waals surface area contributed by atoms with Gasteiger partial charge in [-0.05, 0) is 73.7 Å². The van der Waals surface area contributed by atoms with Gasteiger partial charge in [-0.25, -0.2) is 14.0 Å². The molecule has 2 heterocycles. The van der Waals surface area contributed by atoms with E-state index in [9.17, 15) is 23.9 Å². The minimum absolute atomic E-state index is 0.279. The third-order valence-corrected chi connectivity index (χ3v) is 8.85. The van der Waals surface area contributed by atoms with Gasteiger partial charge in [0.25, 0.3) is 0 Å². The minimum atomic E-state index is -1.86. The Labute approximate surface area is 236 Å². The number of nitrogens with one attached hydrogen (secondary N) is 1. The summed E-state index contributed by atoms with van der Waals surface area (Å²) >= 11 is 1.38. The number of benzene rings is 3. The van der Waals surface area contributed by atoms with Crippen LogP contribution in [-0.4, -0.2) is 33.3 Å². The van der Waals surface area contributed by atoms with Crippen LogP contribution in [0.1, 0.15) is 50.8 Å². The van der Waals surface area contributed by atoms with Crippen LogP contribution < -0.4 is 5.32 Å². The van der Waals surface area contributed by atoms with Crippen LogP contribution in [0.5, 0.6) is 0 Å². The van der Waals surface area contributed by atoms with Gasteiger partial charge in [-0.3, -0.25) is 9.69 Å². The van der Waals surface area contributed by atoms with Gasteiger partial charge >= 0.3 is 12.0 Å². The molecule has 2 amide bonds. The molecule has 0 radical (unpaired) electrons. The molecule has 4 unspecified atom stereocenters. The van der Waals surface area contributed by atoms with Crippen LogP contribution in [0.15, 0.2) is 90.3 Å². The van der Waals surface area contributed by atoms with Gasteiger partial charge in [0.1, 0.15) is 11.4 Å². The molecule has 1 aromatic heterocycles. The molecule has 1 aliphatic heterocycles. The normalized spacial score (nSPS) is 22.2. The second kappa shape index (κ2) is 10.7. The van der Waals surface area contributed by atoms with Crippen molar-refractivity contribution in [3.05, 3.63) is 123 Å². The molecule has 3 aromatic carbocycles. The molecule has 8 heteroatoms. The molecule has 4 aromatic rings. The highest BCUT2D eigenvalue weighted by atomic mass is 32.1. The predicted octanol–water partition coefficient (Wildman–Crippen LogP) is 7.22. The maximum Gasteiger partial charge on any atom is 0.330 e. The van der Waals surface area contributed by atoms with E-state index in [2.05, 4.69) is 5.32 Å². The van der Waals surface area contributed by atoms with Crippen LogP contribution in [0.3, 0.4) is 0 Å². The monoisotopic (exact) mass is 556 g/mol. The van der Waals surface area contributed by atoms with Gasteiger partial charge in [-0.1, -0.05) is 54.1 Å². The van der Waals surface area contributed by atoms with Crippen molar-refractivity contribution in [2.24, 2.45) is 5.92 Å². The van der Waals surface area contributed by atoms with Gasteiger partial charge in [0.05, 0.1) is 12.0 Å². The van der Waals surface area contributed by atoms with Crippen LogP contribution in [-0.2, 0) is 4.79 Å². The van der Waals surface area contributed by atoms with Gasteiger partial charge in [0.15, 0.2) is 5.78 Å². The molecule has 4 atom stereocenters. The number of nitrogens with zero attached hydrogens (tertiary/aromatic N) is 1. The van der Waals surface area contributed by atoms with Gasteiger partial charge < -0.3 is 10.4 Å². The molecule has 5 rings (SSSR count). The van der Waals surface area contributed by atoms with Crippen molar-refractivity contribution in [1.29, 1.82) is 0 Å². The number of likely N-dealkylation sites (tertiary alicyclic amines) is 1. The van der Waals surface area contributed by atoms with Crippen molar-refractivity contribution in [3.8, 4) is 0 Å². The number of halogens is 1. The quantitative estimate of drug-likeness (QED) is 0.246. The van der Waals surface area contributed by atoms with E-state index in [-0.39, 0.29) is 5.78 Å². The highest BCUT2D eigenvalue weighted by Gasteiger charge is 2.65. The number of urea groups is 1. The van der Waals surface area contributed by atoms with Crippen molar-refractivity contribution >= 4 is 34.8 Å². The van der Waals surface area contributed by atoms with Gasteiger partial charge in [0, 0.05) is 22.0 Å². The van der Waals surface area contributed by atoms with Crippen molar-refractivity contribution in [2.45, 2.75) is 38.3 Å². The number of amides is 2. The number of carbonyl (C=O) groups excluding carboxylic acids is 2. The van der Waals surface area contributed by atoms with E-state index in [0.717, 1.165) is 16.0 Å². The van der Waals surface area contributed by atoms with E-state index in [1.54, 1.807) is 42.5 Å². The van der Waals surface area contributed by atoms with E-state index in [4.69, 9.17) is 0 Å². The van der Waals surface area contributed by atoms with Crippen molar-refractivity contribution in [3.63, 3.8) is 0 Å². The van der Waals surface area contributed by atoms with Gasteiger partial charge in [-0.15, -0.1) is 11.3 Å². The fraction of sp³-hybridized carbons (Fsp3) is 0.219. The Morgan fingerprint density at radius 2 is 1.65 bits per heavy atom. The lowest BCUT2D eigenvalue weighted by molar-refractivity contribution is -0.148. The molecule has 0 spiro atoms. The highest BCUT2D eigenvalue weighted by molar-refractivity contribution is 7.10. The largest absolute Gasteiger partial charge is 0.479 e. The van der Waals surface area contributed by atoms with Crippen LogP contribution >= 0.6 is 11.3 Å². The van der Waals surface area contributed by atoms with Crippen molar-refractivity contribution in [1.82, 2.24) is 4.90 Å². The molecular formula is C32H29FN2O4S. The van der Waals surface area contributed by atoms with E-state index in [1.807, 2.05) is 37.4 Å². The van der Waals surface area contributed by atoms with Gasteiger partial charge in [-0.2, -0.15) is 0 Å². The van der Waals surface area contributed by atoms with Crippen LogP contribution in [0.25, 0.3) is 0 Å². The zero-order valence-electron chi connectivity index (χ0n) is 22.3. The SMILES string of the molecule is Cc1cccc(C(=O)C2C(c3sccc3C)N(C(=O)Nc3ccccc3)C(C)(C(=O)O)C2c2ccc(F)cc2)c1. The lowest BCUT2D eigenvalue weighted by Crippen LogP contribution is -2.55. The molecule has 6 nitrogen and oxygen atoms in total. The van der Waals surface area contributed by atoms with E-state index in [0.29, 0.717) is 16.8 Å². The maximum atomic E-state index is 14.5. The number of Topliss-reactive ketones (excluding diaryl/α,β-unsaturated/α-hetero) is 1. The molecular weight excluding hydrogens is 527 g/mol. The number of carboxylic acids is 1. The number of rotatable bonds is 6. The van der Waals surface area contributed by atoms with Crippen LogP contribution in [0.2, 0.25) is 0 Å². The van der Waals surface area contributed by atoms with E-state index >= 15 is 0 Å². The molecule has 1 fully saturated rings. The Bertz CT molecular complexity index is 1570. The summed E-state index contributed by atoms with van der Waals surface area (Å²) in [7, 11) is 0. The average molecular weight is 557 g/mol. The Hall–Kier alpha value is -4.30. The first-order chi connectivity index (χ1) is 19.1. The first kappa shape index (κ1) is 27.3. The van der Waals surface area contributed by atoms with Gasteiger partial charge in [0.2, 0.25) is 0 Å². The van der Waals surface area contributed by atoms with Crippen LogP contribution in [0, 0.1) is 25.6 Å². The third-order valence-electron chi connectivity index (χ3n) is 7.77. The molecule has 2 N–H and O–H groups in total. The number of carboxylic acid groups (broad SMARTS) is 1. The molecule has 1 aliphatic rings. The molecule has 0 bridgehead atoms. The molecule has 204 valence electrons. The Morgan fingerprint density at radius 3 is 2.25 bits per heavy atom. The number of aliphatic carboxylic acids is 1. The van der Waals surface area contributed by atoms with Crippen LogP contribution in [0.4, 0.5) is 14.9 Å². The van der Waals surface area contributed by atoms with Crippen molar-refractivity contribution < 1.29 is 23.9 Å². The number of thiophene rings is 1. The topological polar surface area (TPSA) is 86.7 Å². The maximum absolute atomic E-state index is 14.5. The number of hydrogen-bond acceptors (Lipinski definition) is 4. The first-order valence-corrected chi connectivity index (χ1v) is 13.8. The number of para-hydroxylation sites is 1. The number of anilines is 1. The average Bonchev–Trinajstić information content (AvgIpc) is 3.48. The minimum Gasteiger partial charge on any atom is -0.479 e. The standard InChI is InChI=1S/C32H29FN2O4S/c1-19-8-7-9-22(18-19)28(36)25-26(21-12-14-23(33)15-13-21)32(3,30(37)38)35(27(25)29-20(2)16-17-40-29)31(39)34-24-10-5-4-6-11-24/h4-18,25-27H,1-3H3,(H,34,39)(H,37,38). The zero-order valence-corrected chi connectivity index (χ0v) is 23.1. The smallest absolute Gasteiger partial charge is 0.330 e. The Balaban J connectivity index is 1.78. The summed E-state index contributed by atoms with van der Waals surface area (Å²) in [5, 5.41) is 15.6. The Kier molecular flexibility index (Phi) is 7.29. The lowest BCUT2D eigenvalue weighted by Gasteiger charge is -2.37. The summed E-state index contributed by atoms with van der Waals surface area (Å²) < 4.78 is 14.0. The molecule has 0 aliphatic carbocycles. The predicted molar refractivity (Wildman–Crippen MR) is 153 cm³/mol. The highest BCUT2D eigenvalue weighted by Crippen LogP contribution is 2.57. The summed E-state index contributed by atoms with van der Waals surface area (Å²) in [5.74, 6) is -3.97. The summed E-state index contributed by atoms with van der Waals surface area (Å²) in [4.78, 5) is 43.9. The fourth-order valence-corrected chi connectivity index (χ4v) is 6.93. The summed E-state index contributed by atoms with van der Waals surface area (Å²) in [6, 6.07) is 21.8. The Morgan fingerprint density at radius 1 is 0.950 bits per heavy atom. The molecule has 1 saturated heterocycles. The first-order valence-electron chi connectivity index (χ1n) is 12.9. The summed E-state index contributed by atoms with van der Waals surface area (Å²) in [5.41, 5.74) is 1.25. The fourth-order valence-electron chi connectivity index (χ4n) is 5.87. The number of hydrogen-bond donors (Lipinski definition) is 2. The second-order valence-corrected chi connectivity index (χ2v) is 11.3. The van der Waals surface area contributed by atoms with E-state index in [1.165, 1.54) is 47.4 Å². The lowest BCUT2D eigenvalue weighted by atomic mass is 9.72. The number of carbonyl (C=O) groups is 3.